The summed E-state index contributed by atoms with van der Waals surface area (Å²) in [4.78, 5) is 25.5. The third-order valence-corrected chi connectivity index (χ3v) is 6.04. The topological polar surface area (TPSA) is 52.2 Å². The van der Waals surface area contributed by atoms with Crippen LogP contribution in [0.5, 0.6) is 0 Å². The Labute approximate surface area is 206 Å². The van der Waals surface area contributed by atoms with Gasteiger partial charge in [0.15, 0.2) is 0 Å². The Morgan fingerprint density at radius 3 is 2.58 bits per heavy atom. The van der Waals surface area contributed by atoms with Gasteiger partial charge in [0.05, 0.1) is 0 Å². The van der Waals surface area contributed by atoms with Gasteiger partial charge in [-0.2, -0.15) is 0 Å². The number of fused-ring (bicyclic) bond motifs is 2. The molecule has 3 aromatic carbocycles. The highest BCUT2D eigenvalue weighted by Crippen LogP contribution is 2.27. The first-order chi connectivity index (χ1) is 15.3. The Balaban J connectivity index is 0.00000153. The second-order valence-electron chi connectivity index (χ2n) is 8.01. The standard InChI is InChI=1S/C26H26N4O.2ClH/c31-26(23-11-5-9-20-7-1-3-10-22(20)23)30-18-17-29(16-6-13-25-27-14-15-28-25)24-12-4-2-8-21(24)19-30;;/h1-5,7-12,14-15H,6,13,16-19H2,(H,27,28);2*1H. The molecule has 172 valence electrons. The van der Waals surface area contributed by atoms with E-state index in [0.29, 0.717) is 13.1 Å². The summed E-state index contributed by atoms with van der Waals surface area (Å²) in [5.74, 6) is 1.12. The zero-order valence-electron chi connectivity index (χ0n) is 18.3. The van der Waals surface area contributed by atoms with Crippen LogP contribution in [0.25, 0.3) is 10.8 Å². The third kappa shape index (κ3) is 5.32. The number of amides is 1. The van der Waals surface area contributed by atoms with Gasteiger partial charge in [-0.05, 0) is 34.9 Å². The van der Waals surface area contributed by atoms with Gasteiger partial charge >= 0.3 is 0 Å². The molecule has 1 amide bonds. The third-order valence-electron chi connectivity index (χ3n) is 6.04. The smallest absolute Gasteiger partial charge is 0.254 e. The predicted molar refractivity (Wildman–Crippen MR) is 139 cm³/mol. The minimum atomic E-state index is 0. The molecule has 7 heteroatoms. The van der Waals surface area contributed by atoms with Crippen LogP contribution in [0.1, 0.15) is 28.2 Å². The van der Waals surface area contributed by atoms with Crippen molar-refractivity contribution in [3.05, 3.63) is 96.1 Å². The lowest BCUT2D eigenvalue weighted by Gasteiger charge is -2.25. The molecule has 1 aliphatic heterocycles. The highest BCUT2D eigenvalue weighted by atomic mass is 35.5. The number of aromatic amines is 1. The quantitative estimate of drug-likeness (QED) is 0.408. The predicted octanol–water partition coefficient (Wildman–Crippen LogP) is 5.50. The average molecular weight is 483 g/mol. The summed E-state index contributed by atoms with van der Waals surface area (Å²) in [5.41, 5.74) is 3.21. The summed E-state index contributed by atoms with van der Waals surface area (Å²) in [7, 11) is 0. The molecule has 1 aliphatic rings. The highest BCUT2D eigenvalue weighted by Gasteiger charge is 2.24. The Morgan fingerprint density at radius 2 is 1.73 bits per heavy atom. The molecular formula is C26H28Cl2N4O. The number of imidazole rings is 1. The molecule has 2 heterocycles. The maximum absolute atomic E-state index is 13.5. The Morgan fingerprint density at radius 1 is 0.939 bits per heavy atom. The number of para-hydroxylation sites is 1. The lowest BCUT2D eigenvalue weighted by Crippen LogP contribution is -2.36. The van der Waals surface area contributed by atoms with Crippen molar-refractivity contribution in [2.75, 3.05) is 24.5 Å². The summed E-state index contributed by atoms with van der Waals surface area (Å²) in [6.45, 7) is 3.10. The number of aromatic nitrogens is 2. The first kappa shape index (κ1) is 24.6. The normalized spacial score (nSPS) is 13.0. The fraction of sp³-hybridized carbons (Fsp3) is 0.231. The van der Waals surface area contributed by atoms with Crippen molar-refractivity contribution in [1.29, 1.82) is 0 Å². The van der Waals surface area contributed by atoms with E-state index < -0.39 is 0 Å². The molecule has 0 radical (unpaired) electrons. The van der Waals surface area contributed by atoms with Gasteiger partial charge in [-0.1, -0.05) is 54.6 Å². The number of nitrogens with zero attached hydrogens (tertiary/aromatic N) is 3. The fourth-order valence-corrected chi connectivity index (χ4v) is 4.46. The number of benzene rings is 3. The van der Waals surface area contributed by atoms with E-state index in [-0.39, 0.29) is 30.7 Å². The van der Waals surface area contributed by atoms with Crippen LogP contribution >= 0.6 is 24.8 Å². The maximum Gasteiger partial charge on any atom is 0.254 e. The first-order valence-electron chi connectivity index (χ1n) is 10.9. The Bertz CT molecular complexity index is 1190. The molecule has 1 aromatic heterocycles. The number of halogens is 2. The van der Waals surface area contributed by atoms with Gasteiger partial charge in [0, 0.05) is 56.2 Å². The van der Waals surface area contributed by atoms with Crippen molar-refractivity contribution in [2.24, 2.45) is 0 Å². The zero-order valence-corrected chi connectivity index (χ0v) is 19.9. The molecule has 0 saturated carbocycles. The van der Waals surface area contributed by atoms with Gasteiger partial charge in [-0.25, -0.2) is 4.98 Å². The number of aryl methyl sites for hydroxylation is 1. The largest absolute Gasteiger partial charge is 0.369 e. The van der Waals surface area contributed by atoms with Crippen LogP contribution in [0.4, 0.5) is 5.69 Å². The van der Waals surface area contributed by atoms with Crippen LogP contribution in [-0.4, -0.2) is 40.4 Å². The Hall–Kier alpha value is -3.02. The minimum absolute atomic E-state index is 0. The van der Waals surface area contributed by atoms with Crippen molar-refractivity contribution >= 4 is 47.2 Å². The number of hydrogen-bond donors (Lipinski definition) is 1. The Kier molecular flexibility index (Phi) is 8.37. The molecule has 33 heavy (non-hydrogen) atoms. The van der Waals surface area contributed by atoms with Crippen molar-refractivity contribution in [3.8, 4) is 0 Å². The summed E-state index contributed by atoms with van der Waals surface area (Å²) >= 11 is 0. The van der Waals surface area contributed by atoms with E-state index in [1.165, 1.54) is 11.3 Å². The van der Waals surface area contributed by atoms with Crippen LogP contribution in [0.15, 0.2) is 79.1 Å². The number of anilines is 1. The van der Waals surface area contributed by atoms with Gasteiger partial charge in [0.1, 0.15) is 5.82 Å². The summed E-state index contributed by atoms with van der Waals surface area (Å²) in [6.07, 6.45) is 5.60. The number of hydrogen-bond acceptors (Lipinski definition) is 3. The van der Waals surface area contributed by atoms with E-state index in [1.807, 2.05) is 41.4 Å². The van der Waals surface area contributed by atoms with Gasteiger partial charge < -0.3 is 14.8 Å². The number of rotatable bonds is 5. The SMILES string of the molecule is Cl.Cl.O=C(c1cccc2ccccc12)N1CCN(CCCc2ncc[nH]2)c2ccccc2C1. The van der Waals surface area contributed by atoms with E-state index in [1.54, 1.807) is 6.20 Å². The van der Waals surface area contributed by atoms with E-state index in [2.05, 4.69) is 51.3 Å². The molecule has 0 saturated heterocycles. The monoisotopic (exact) mass is 482 g/mol. The second kappa shape index (κ2) is 11.2. The average Bonchev–Trinajstić information content (AvgIpc) is 3.26. The van der Waals surface area contributed by atoms with Gasteiger partial charge in [-0.3, -0.25) is 4.79 Å². The molecule has 0 aliphatic carbocycles. The number of nitrogens with one attached hydrogen (secondary N) is 1. The molecule has 5 rings (SSSR count). The molecule has 0 bridgehead atoms. The lowest BCUT2D eigenvalue weighted by atomic mass is 10.0. The summed E-state index contributed by atoms with van der Waals surface area (Å²) in [6, 6.07) is 22.6. The molecule has 5 nitrogen and oxygen atoms in total. The molecule has 0 unspecified atom stereocenters. The molecule has 0 atom stereocenters. The zero-order chi connectivity index (χ0) is 21.0. The fourth-order valence-electron chi connectivity index (χ4n) is 4.46. The van der Waals surface area contributed by atoms with Crippen LogP contribution in [-0.2, 0) is 13.0 Å². The maximum atomic E-state index is 13.5. The molecule has 1 N–H and O–H groups in total. The highest BCUT2D eigenvalue weighted by molar-refractivity contribution is 6.07. The van der Waals surface area contributed by atoms with Crippen LogP contribution in [0.3, 0.4) is 0 Å². The number of carbonyl (C=O) groups is 1. The van der Waals surface area contributed by atoms with Crippen molar-refractivity contribution in [2.45, 2.75) is 19.4 Å². The van der Waals surface area contributed by atoms with Gasteiger partial charge in [0.25, 0.3) is 5.91 Å². The van der Waals surface area contributed by atoms with E-state index >= 15 is 0 Å². The van der Waals surface area contributed by atoms with E-state index in [4.69, 9.17) is 0 Å². The van der Waals surface area contributed by atoms with Crippen LogP contribution in [0.2, 0.25) is 0 Å². The van der Waals surface area contributed by atoms with Gasteiger partial charge in [0.2, 0.25) is 0 Å². The lowest BCUT2D eigenvalue weighted by molar-refractivity contribution is 0.0753. The number of H-pyrrole nitrogens is 1. The first-order valence-corrected chi connectivity index (χ1v) is 10.9. The van der Waals surface area contributed by atoms with Crippen molar-refractivity contribution < 1.29 is 4.79 Å². The molecule has 0 fully saturated rings. The summed E-state index contributed by atoms with van der Waals surface area (Å²) in [5, 5.41) is 2.12. The molecular weight excluding hydrogens is 455 g/mol. The van der Waals surface area contributed by atoms with Crippen LogP contribution in [0, 0.1) is 0 Å². The molecule has 4 aromatic rings. The summed E-state index contributed by atoms with van der Waals surface area (Å²) < 4.78 is 0. The van der Waals surface area contributed by atoms with Crippen molar-refractivity contribution in [3.63, 3.8) is 0 Å². The second-order valence-corrected chi connectivity index (χ2v) is 8.01. The van der Waals surface area contributed by atoms with Gasteiger partial charge in [-0.15, -0.1) is 24.8 Å². The van der Waals surface area contributed by atoms with Crippen molar-refractivity contribution in [1.82, 2.24) is 14.9 Å². The number of carbonyl (C=O) groups excluding carboxylic acids is 1. The van der Waals surface area contributed by atoms with E-state index in [0.717, 1.165) is 48.1 Å². The van der Waals surface area contributed by atoms with E-state index in [9.17, 15) is 4.79 Å². The van der Waals surface area contributed by atoms with Crippen LogP contribution < -0.4 is 4.90 Å². The minimum Gasteiger partial charge on any atom is -0.369 e. The molecule has 0 spiro atoms.